The minimum Gasteiger partial charge on any atom is -0.481 e. The van der Waals surface area contributed by atoms with Crippen LogP contribution in [0.25, 0.3) is 0 Å². The highest BCUT2D eigenvalue weighted by Gasteiger charge is 2.39. The summed E-state index contributed by atoms with van der Waals surface area (Å²) < 4.78 is 68.9. The number of thiophene rings is 1. The van der Waals surface area contributed by atoms with Crippen LogP contribution in [-0.2, 0) is 36.9 Å². The minimum absolute atomic E-state index is 0.0901. The Morgan fingerprint density at radius 2 is 1.35 bits per heavy atom. The molecule has 3 rings (SSSR count). The van der Waals surface area contributed by atoms with Crippen molar-refractivity contribution >= 4 is 52.8 Å². The van der Waals surface area contributed by atoms with Crippen molar-refractivity contribution in [3.05, 3.63) is 87.6 Å². The predicted molar refractivity (Wildman–Crippen MR) is 177 cm³/mol. The van der Waals surface area contributed by atoms with Gasteiger partial charge in [-0.25, -0.2) is 14.4 Å². The van der Waals surface area contributed by atoms with Crippen LogP contribution >= 0.6 is 11.3 Å². The summed E-state index contributed by atoms with van der Waals surface area (Å²) in [6.07, 6.45) is -10.6. The first-order valence-corrected chi connectivity index (χ1v) is 15.8. The minimum atomic E-state index is -5.08. The Hall–Kier alpha value is -5.83. The highest BCUT2D eigenvalue weighted by atomic mass is 32.1. The van der Waals surface area contributed by atoms with Gasteiger partial charge in [0.25, 0.3) is 0 Å². The van der Waals surface area contributed by atoms with Gasteiger partial charge in [0.2, 0.25) is 0 Å². The first kappa shape index (κ1) is 46.2. The smallest absolute Gasteiger partial charge is 0.481 e. The van der Waals surface area contributed by atoms with E-state index in [9.17, 15) is 50.6 Å². The number of esters is 1. The molecule has 0 aliphatic rings. The fraction of sp³-hybridized carbons (Fsp3) is 0.303. The van der Waals surface area contributed by atoms with Crippen molar-refractivity contribution in [1.29, 1.82) is 5.41 Å². The summed E-state index contributed by atoms with van der Waals surface area (Å²) in [5.74, 6) is -9.55. The third-order valence-electron chi connectivity index (χ3n) is 6.81. The van der Waals surface area contributed by atoms with Crippen LogP contribution < -0.4 is 10.5 Å². The topological polar surface area (TPSA) is 246 Å². The summed E-state index contributed by atoms with van der Waals surface area (Å²) in [6, 6.07) is 18.4. The van der Waals surface area contributed by atoms with E-state index in [1.54, 1.807) is 43.4 Å². The normalized spacial score (nSPS) is 12.1. The summed E-state index contributed by atoms with van der Waals surface area (Å²) in [7, 11) is 1.76. The number of ketones is 1. The number of rotatable bonds is 15. The van der Waals surface area contributed by atoms with Crippen LogP contribution in [0.2, 0.25) is 0 Å². The number of halogens is 6. The van der Waals surface area contributed by atoms with E-state index in [0.29, 0.717) is 29.2 Å². The van der Waals surface area contributed by atoms with Crippen molar-refractivity contribution in [2.75, 3.05) is 7.05 Å². The number of carboxylic acids is 4. The summed E-state index contributed by atoms with van der Waals surface area (Å²) in [4.78, 5) is 69.5. The van der Waals surface area contributed by atoms with Gasteiger partial charge in [-0.05, 0) is 61.9 Å². The van der Waals surface area contributed by atoms with E-state index in [1.165, 1.54) is 11.3 Å². The third-order valence-corrected chi connectivity index (χ3v) is 7.86. The second-order valence-corrected chi connectivity index (χ2v) is 12.1. The van der Waals surface area contributed by atoms with Crippen LogP contribution in [0, 0.1) is 11.3 Å². The summed E-state index contributed by atoms with van der Waals surface area (Å²) >= 11 is 1.22. The Balaban J connectivity index is 0.000000879. The van der Waals surface area contributed by atoms with Gasteiger partial charge in [-0.3, -0.25) is 24.7 Å². The molecule has 2 aromatic carbocycles. The molecule has 54 heavy (non-hydrogen) atoms. The zero-order valence-electron chi connectivity index (χ0n) is 27.9. The van der Waals surface area contributed by atoms with Gasteiger partial charge in [-0.2, -0.15) is 26.3 Å². The standard InChI is InChI=1S/C29H31N3O7S.2C2HF3O2/c1-32(17-22-12-13-25(40-22)29(38)39-21-10-7-19(8-11-21)27(30)31)23(15-18-5-3-2-4-6-18)24(33)16-20(28(36)37)9-14-26(34)35;2*3-2(4,5)1(6)7/h2-8,10-13,20,23H,9,14-17H2,1H3,(H3,30,31)(H,34,35)(H,36,37);2*(H,6,7)/t20-,23+;;/m1../s1. The number of amidine groups is 1. The molecule has 0 bridgehead atoms. The molecule has 0 aliphatic heterocycles. The molecule has 2 atom stereocenters. The number of nitrogen functional groups attached to an aromatic ring is 1. The number of hydrogen-bond donors (Lipinski definition) is 6. The van der Waals surface area contributed by atoms with Crippen molar-refractivity contribution in [3.63, 3.8) is 0 Å². The monoisotopic (exact) mass is 793 g/mol. The Kier molecular flexibility index (Phi) is 18.0. The van der Waals surface area contributed by atoms with E-state index in [-0.39, 0.29) is 30.9 Å². The van der Waals surface area contributed by atoms with Crippen LogP contribution in [0.15, 0.2) is 66.7 Å². The highest BCUT2D eigenvalue weighted by Crippen LogP contribution is 2.24. The van der Waals surface area contributed by atoms with Crippen LogP contribution in [0.4, 0.5) is 26.3 Å². The molecule has 0 saturated heterocycles. The second kappa shape index (κ2) is 21.0. The van der Waals surface area contributed by atoms with Gasteiger partial charge >= 0.3 is 42.2 Å². The van der Waals surface area contributed by atoms with Crippen LogP contribution in [-0.4, -0.2) is 92.2 Å². The number of ether oxygens (including phenoxy) is 1. The fourth-order valence-corrected chi connectivity index (χ4v) is 5.08. The van der Waals surface area contributed by atoms with Gasteiger partial charge in [-0.15, -0.1) is 11.3 Å². The summed E-state index contributed by atoms with van der Waals surface area (Å²) in [6.45, 7) is 0.321. The number of carbonyl (C=O) groups excluding carboxylic acids is 2. The number of nitrogens with zero attached hydrogens (tertiary/aromatic N) is 1. The summed E-state index contributed by atoms with van der Waals surface area (Å²) in [5, 5.41) is 40.2. The number of aliphatic carboxylic acids is 4. The highest BCUT2D eigenvalue weighted by molar-refractivity contribution is 7.13. The Labute approximate surface area is 305 Å². The van der Waals surface area contributed by atoms with Crippen LogP contribution in [0.3, 0.4) is 0 Å². The van der Waals surface area contributed by atoms with Gasteiger partial charge < -0.3 is 30.9 Å². The lowest BCUT2D eigenvalue weighted by Gasteiger charge is -2.28. The maximum absolute atomic E-state index is 13.4. The van der Waals surface area contributed by atoms with Crippen molar-refractivity contribution in [2.24, 2.45) is 11.7 Å². The lowest BCUT2D eigenvalue weighted by atomic mass is 9.91. The van der Waals surface area contributed by atoms with E-state index in [2.05, 4.69) is 0 Å². The number of nitrogens with one attached hydrogen (secondary N) is 1. The first-order chi connectivity index (χ1) is 24.9. The third kappa shape index (κ3) is 17.1. The number of alkyl halides is 6. The van der Waals surface area contributed by atoms with E-state index >= 15 is 0 Å². The van der Waals surface area contributed by atoms with Gasteiger partial charge in [0.15, 0.2) is 5.78 Å². The number of carbonyl (C=O) groups is 6. The molecule has 0 amide bonds. The molecule has 0 unspecified atom stereocenters. The Morgan fingerprint density at radius 3 is 1.80 bits per heavy atom. The number of carboxylic acid groups (broad SMARTS) is 4. The molecular weight excluding hydrogens is 760 g/mol. The van der Waals surface area contributed by atoms with Crippen molar-refractivity contribution in [3.8, 4) is 5.75 Å². The van der Waals surface area contributed by atoms with E-state index in [4.69, 9.17) is 40.8 Å². The largest absolute Gasteiger partial charge is 0.490 e. The van der Waals surface area contributed by atoms with Gasteiger partial charge in [0.1, 0.15) is 16.5 Å². The average molecular weight is 794 g/mol. The SMILES string of the molecule is CN(Cc1ccc(C(=O)Oc2ccc(C(=N)N)cc2)s1)[C@@H](Cc1ccccc1)C(=O)C[C@@H](CCC(=O)O)C(=O)O.O=C(O)C(F)(F)F.O=C(O)C(F)(F)F. The number of benzene rings is 2. The quantitative estimate of drug-likeness (QED) is 0.0387. The van der Waals surface area contributed by atoms with E-state index in [0.717, 1.165) is 10.4 Å². The van der Waals surface area contributed by atoms with Crippen molar-refractivity contribution in [2.45, 2.75) is 50.6 Å². The molecule has 7 N–H and O–H groups in total. The lowest BCUT2D eigenvalue weighted by molar-refractivity contribution is -0.193. The molecule has 294 valence electrons. The van der Waals surface area contributed by atoms with Crippen LogP contribution in [0.1, 0.15) is 44.9 Å². The molecule has 0 saturated carbocycles. The number of hydrogen-bond acceptors (Lipinski definition) is 10. The molecule has 0 fully saturated rings. The Bertz CT molecular complexity index is 1740. The second-order valence-electron chi connectivity index (χ2n) is 11.0. The zero-order valence-corrected chi connectivity index (χ0v) is 28.7. The van der Waals surface area contributed by atoms with Crippen molar-refractivity contribution < 1.29 is 80.3 Å². The number of likely N-dealkylation sites (N-methyl/N-ethyl adjacent to an activating group) is 1. The maximum Gasteiger partial charge on any atom is 0.490 e. The Morgan fingerprint density at radius 1 is 0.833 bits per heavy atom. The van der Waals surface area contributed by atoms with E-state index in [1.807, 2.05) is 35.2 Å². The fourth-order valence-electron chi connectivity index (χ4n) is 4.13. The zero-order chi connectivity index (χ0) is 41.4. The first-order valence-electron chi connectivity index (χ1n) is 15.0. The molecule has 1 aromatic heterocycles. The van der Waals surface area contributed by atoms with Crippen LogP contribution in [0.5, 0.6) is 5.75 Å². The number of Topliss-reactive ketones (excluding diaryl/α,β-unsaturated/α-hetero) is 1. The summed E-state index contributed by atoms with van der Waals surface area (Å²) in [5.41, 5.74) is 6.86. The van der Waals surface area contributed by atoms with E-state index < -0.39 is 54.2 Å². The molecule has 14 nitrogen and oxygen atoms in total. The van der Waals surface area contributed by atoms with Gasteiger partial charge in [-0.1, -0.05) is 30.3 Å². The molecule has 0 radical (unpaired) electrons. The molecule has 3 aromatic rings. The average Bonchev–Trinajstić information content (AvgIpc) is 3.54. The molecule has 1 heterocycles. The lowest BCUT2D eigenvalue weighted by Crippen LogP contribution is -2.41. The van der Waals surface area contributed by atoms with Gasteiger partial charge in [0, 0.05) is 29.8 Å². The molecular formula is C33H33F6N3O11S. The molecule has 0 spiro atoms. The molecule has 0 aliphatic carbocycles. The van der Waals surface area contributed by atoms with Gasteiger partial charge in [0.05, 0.1) is 12.0 Å². The molecule has 21 heteroatoms. The predicted octanol–water partition coefficient (Wildman–Crippen LogP) is 5.09. The maximum atomic E-state index is 13.4. The number of nitrogens with two attached hydrogens (primary N) is 1. The van der Waals surface area contributed by atoms with Crippen molar-refractivity contribution in [1.82, 2.24) is 4.90 Å².